The van der Waals surface area contributed by atoms with Crippen LogP contribution in [0, 0.1) is 10.1 Å². The molecule has 0 saturated carbocycles. The quantitative estimate of drug-likeness (QED) is 0.243. The Labute approximate surface area is 200 Å². The summed E-state index contributed by atoms with van der Waals surface area (Å²) in [6.45, 7) is 1.79. The van der Waals surface area contributed by atoms with Gasteiger partial charge in [-0.25, -0.2) is 9.78 Å². The van der Waals surface area contributed by atoms with Crippen molar-refractivity contribution < 1.29 is 19.2 Å². The van der Waals surface area contributed by atoms with Crippen LogP contribution >= 0.6 is 0 Å². The van der Waals surface area contributed by atoms with Crippen LogP contribution in [0.15, 0.2) is 60.8 Å². The normalized spacial score (nSPS) is 10.7. The zero-order chi connectivity index (χ0) is 25.1. The van der Waals surface area contributed by atoms with Crippen molar-refractivity contribution in [1.29, 1.82) is 0 Å². The van der Waals surface area contributed by atoms with Crippen LogP contribution in [-0.2, 0) is 4.74 Å². The lowest BCUT2D eigenvalue weighted by atomic mass is 10.1. The Morgan fingerprint density at radius 2 is 1.91 bits per heavy atom. The molecule has 0 spiro atoms. The molecule has 0 aliphatic rings. The Balaban J connectivity index is 1.77. The van der Waals surface area contributed by atoms with E-state index < -0.39 is 16.8 Å². The number of hydrogen-bond donors (Lipinski definition) is 1. The van der Waals surface area contributed by atoms with Crippen LogP contribution in [0.1, 0.15) is 27.6 Å². The Bertz CT molecular complexity index is 1450. The Morgan fingerprint density at radius 3 is 2.63 bits per heavy atom. The fraction of sp³-hybridized carbons (Fsp3) is 0.167. The van der Waals surface area contributed by atoms with E-state index >= 15 is 0 Å². The third-order valence-corrected chi connectivity index (χ3v) is 5.21. The summed E-state index contributed by atoms with van der Waals surface area (Å²) in [5.74, 6) is -0.936. The molecule has 0 unspecified atom stereocenters. The van der Waals surface area contributed by atoms with Crippen molar-refractivity contribution in [2.45, 2.75) is 6.92 Å². The van der Waals surface area contributed by atoms with Gasteiger partial charge in [-0.05, 0) is 37.3 Å². The van der Waals surface area contributed by atoms with Gasteiger partial charge < -0.3 is 15.0 Å². The molecule has 0 bridgehead atoms. The van der Waals surface area contributed by atoms with E-state index in [4.69, 9.17) is 4.74 Å². The standard InChI is InChI=1S/C24H22N6O5/c1-4-35-24(32)17-14-25-29(21-12-10-15-7-5-6-8-18(15)26-21)22(17)27-23(31)16-9-11-19(28(2)3)20(13-16)30(33)34/h5-14H,4H2,1-3H3,(H,27,31). The van der Waals surface area contributed by atoms with Gasteiger partial charge in [-0.3, -0.25) is 14.9 Å². The summed E-state index contributed by atoms with van der Waals surface area (Å²) in [5.41, 5.74) is 0.887. The number of pyridine rings is 1. The number of fused-ring (bicyclic) bond motifs is 1. The molecule has 0 fully saturated rings. The molecule has 11 nitrogen and oxygen atoms in total. The lowest BCUT2D eigenvalue weighted by Crippen LogP contribution is -2.19. The first kappa shape index (κ1) is 23.4. The van der Waals surface area contributed by atoms with Gasteiger partial charge in [0.05, 0.1) is 23.2 Å². The van der Waals surface area contributed by atoms with E-state index in [2.05, 4.69) is 15.4 Å². The van der Waals surface area contributed by atoms with Crippen LogP contribution in [0.2, 0.25) is 0 Å². The van der Waals surface area contributed by atoms with Gasteiger partial charge in [-0.2, -0.15) is 9.78 Å². The van der Waals surface area contributed by atoms with Gasteiger partial charge >= 0.3 is 5.97 Å². The monoisotopic (exact) mass is 474 g/mol. The van der Waals surface area contributed by atoms with E-state index in [1.807, 2.05) is 30.3 Å². The molecule has 2 aromatic heterocycles. The molecule has 2 heterocycles. The fourth-order valence-electron chi connectivity index (χ4n) is 3.54. The predicted octanol–water partition coefficient (Wildman–Crippen LogP) is 3.82. The van der Waals surface area contributed by atoms with Crippen molar-refractivity contribution in [2.24, 2.45) is 0 Å². The number of amides is 1. The van der Waals surface area contributed by atoms with Crippen molar-refractivity contribution in [3.63, 3.8) is 0 Å². The second kappa shape index (κ2) is 9.59. The summed E-state index contributed by atoms with van der Waals surface area (Å²) in [4.78, 5) is 42.8. The SMILES string of the molecule is CCOC(=O)c1cnn(-c2ccc3ccccc3n2)c1NC(=O)c1ccc(N(C)C)c([N+](=O)[O-])c1. The minimum absolute atomic E-state index is 0.0228. The van der Waals surface area contributed by atoms with Crippen LogP contribution in [0.3, 0.4) is 0 Å². The van der Waals surface area contributed by atoms with E-state index in [0.29, 0.717) is 17.0 Å². The van der Waals surface area contributed by atoms with Gasteiger partial charge in [0.2, 0.25) is 0 Å². The second-order valence-electron chi connectivity index (χ2n) is 7.71. The number of ether oxygens (including phenoxy) is 1. The third kappa shape index (κ3) is 4.64. The van der Waals surface area contributed by atoms with E-state index in [-0.39, 0.29) is 29.2 Å². The molecule has 1 amide bonds. The van der Waals surface area contributed by atoms with Gasteiger partial charge in [0.15, 0.2) is 11.6 Å². The number of nitrogens with zero attached hydrogens (tertiary/aromatic N) is 5. The summed E-state index contributed by atoms with van der Waals surface area (Å²) < 4.78 is 6.43. The number of nitrogens with one attached hydrogen (secondary N) is 1. The highest BCUT2D eigenvalue weighted by molar-refractivity contribution is 6.08. The molecule has 0 radical (unpaired) electrons. The van der Waals surface area contributed by atoms with Crippen LogP contribution in [0.5, 0.6) is 0 Å². The number of hydrogen-bond acceptors (Lipinski definition) is 8. The minimum atomic E-state index is -0.677. The number of aromatic nitrogens is 3. The molecule has 4 aromatic rings. The number of anilines is 2. The number of benzene rings is 2. The van der Waals surface area contributed by atoms with E-state index in [1.165, 1.54) is 29.1 Å². The van der Waals surface area contributed by atoms with Gasteiger partial charge in [-0.1, -0.05) is 18.2 Å². The van der Waals surface area contributed by atoms with Crippen molar-refractivity contribution in [3.05, 3.63) is 82.0 Å². The number of esters is 1. The minimum Gasteiger partial charge on any atom is -0.462 e. The van der Waals surface area contributed by atoms with Crippen LogP contribution < -0.4 is 10.2 Å². The third-order valence-electron chi connectivity index (χ3n) is 5.21. The highest BCUT2D eigenvalue weighted by Gasteiger charge is 2.24. The van der Waals surface area contributed by atoms with Crippen LogP contribution in [0.25, 0.3) is 16.7 Å². The molecule has 4 rings (SSSR count). The van der Waals surface area contributed by atoms with Crippen molar-refractivity contribution in [2.75, 3.05) is 30.9 Å². The molecule has 0 atom stereocenters. The molecule has 11 heteroatoms. The first-order valence-corrected chi connectivity index (χ1v) is 10.7. The molecule has 2 aromatic carbocycles. The topological polar surface area (TPSA) is 132 Å². The number of para-hydroxylation sites is 1. The Morgan fingerprint density at radius 1 is 1.14 bits per heavy atom. The molecule has 0 aliphatic heterocycles. The zero-order valence-corrected chi connectivity index (χ0v) is 19.3. The van der Waals surface area contributed by atoms with E-state index in [1.54, 1.807) is 32.0 Å². The maximum atomic E-state index is 13.1. The molecule has 0 aliphatic carbocycles. The summed E-state index contributed by atoms with van der Waals surface area (Å²) >= 11 is 0. The largest absolute Gasteiger partial charge is 0.462 e. The number of carbonyl (C=O) groups excluding carboxylic acids is 2. The fourth-order valence-corrected chi connectivity index (χ4v) is 3.54. The molecule has 1 N–H and O–H groups in total. The molecular weight excluding hydrogens is 452 g/mol. The van der Waals surface area contributed by atoms with Gasteiger partial charge in [0.25, 0.3) is 11.6 Å². The van der Waals surface area contributed by atoms with Crippen LogP contribution in [-0.4, -0.2) is 52.3 Å². The molecule has 0 saturated heterocycles. The van der Waals surface area contributed by atoms with E-state index in [0.717, 1.165) is 5.39 Å². The zero-order valence-electron chi connectivity index (χ0n) is 19.3. The van der Waals surface area contributed by atoms with Gasteiger partial charge in [0.1, 0.15) is 11.3 Å². The molecule has 35 heavy (non-hydrogen) atoms. The number of carbonyl (C=O) groups is 2. The molecular formula is C24H22N6O5. The second-order valence-corrected chi connectivity index (χ2v) is 7.71. The van der Waals surface area contributed by atoms with Gasteiger partial charge in [0, 0.05) is 31.1 Å². The smallest absolute Gasteiger partial charge is 0.343 e. The Hall–Kier alpha value is -4.80. The number of nitro benzene ring substituents is 1. The lowest BCUT2D eigenvalue weighted by Gasteiger charge is -2.14. The maximum Gasteiger partial charge on any atom is 0.343 e. The summed E-state index contributed by atoms with van der Waals surface area (Å²) in [6.07, 6.45) is 1.28. The number of rotatable bonds is 7. The van der Waals surface area contributed by atoms with Crippen molar-refractivity contribution >= 4 is 40.0 Å². The highest BCUT2D eigenvalue weighted by Crippen LogP contribution is 2.29. The maximum absolute atomic E-state index is 13.1. The number of nitro groups is 1. The molecule has 178 valence electrons. The summed E-state index contributed by atoms with van der Waals surface area (Å²) in [6, 6.07) is 15.2. The van der Waals surface area contributed by atoms with Gasteiger partial charge in [-0.15, -0.1) is 0 Å². The Kier molecular flexibility index (Phi) is 6.40. The average molecular weight is 474 g/mol. The van der Waals surface area contributed by atoms with Crippen LogP contribution in [0.4, 0.5) is 17.2 Å². The predicted molar refractivity (Wildman–Crippen MR) is 130 cm³/mol. The summed E-state index contributed by atoms with van der Waals surface area (Å²) in [5, 5.41) is 19.4. The first-order valence-electron chi connectivity index (χ1n) is 10.7. The lowest BCUT2D eigenvalue weighted by molar-refractivity contribution is -0.384. The first-order chi connectivity index (χ1) is 16.8. The highest BCUT2D eigenvalue weighted by atomic mass is 16.6. The van der Waals surface area contributed by atoms with E-state index in [9.17, 15) is 19.7 Å². The van der Waals surface area contributed by atoms with Crippen molar-refractivity contribution in [1.82, 2.24) is 14.8 Å². The summed E-state index contributed by atoms with van der Waals surface area (Å²) in [7, 11) is 3.34. The average Bonchev–Trinajstić information content (AvgIpc) is 3.26. The van der Waals surface area contributed by atoms with Crippen molar-refractivity contribution in [3.8, 4) is 5.82 Å².